The van der Waals surface area contributed by atoms with Gasteiger partial charge in [0.2, 0.25) is 23.4 Å². The lowest BCUT2D eigenvalue weighted by Gasteiger charge is -2.50. The van der Waals surface area contributed by atoms with Crippen LogP contribution in [0.25, 0.3) is 0 Å². The number of hydrogen-bond donors (Lipinski definition) is 1. The number of imide groups is 2. The van der Waals surface area contributed by atoms with Crippen molar-refractivity contribution < 1.29 is 65.6 Å². The third kappa shape index (κ3) is 5.39. The Morgan fingerprint density at radius 2 is 1.31 bits per heavy atom. The molecule has 2 heterocycles. The summed E-state index contributed by atoms with van der Waals surface area (Å²) in [6.07, 6.45) is 0.152. The van der Waals surface area contributed by atoms with Gasteiger partial charge in [0.1, 0.15) is 5.69 Å². The molecule has 0 spiro atoms. The van der Waals surface area contributed by atoms with E-state index in [1.807, 2.05) is 0 Å². The molecule has 310 valence electrons. The minimum atomic E-state index is -2.93. The summed E-state index contributed by atoms with van der Waals surface area (Å²) in [7, 11) is 4.84. The summed E-state index contributed by atoms with van der Waals surface area (Å²) in [4.78, 5) is 75.5. The second kappa shape index (κ2) is 13.8. The van der Waals surface area contributed by atoms with Crippen LogP contribution in [0.5, 0.6) is 17.2 Å². The Bertz CT molecular complexity index is 2440. The molecule has 16 nitrogen and oxygen atoms in total. The van der Waals surface area contributed by atoms with E-state index in [1.54, 1.807) is 0 Å². The molecule has 4 aliphatic rings. The van der Waals surface area contributed by atoms with Crippen LogP contribution in [0.2, 0.25) is 0 Å². The average molecular weight is 871 g/mol. The maximum atomic E-state index is 15.4. The minimum absolute atomic E-state index is 0.00986. The summed E-state index contributed by atoms with van der Waals surface area (Å²) in [5, 5.41) is 35.0. The average Bonchev–Trinajstić information content (AvgIpc) is 3.53. The molecule has 23 heteroatoms. The molecule has 7 rings (SSSR count). The van der Waals surface area contributed by atoms with Crippen molar-refractivity contribution in [3.8, 4) is 17.2 Å². The summed E-state index contributed by atoms with van der Waals surface area (Å²) in [6, 6.07) is 3.82. The van der Waals surface area contributed by atoms with Gasteiger partial charge in [0.25, 0.3) is 11.8 Å². The number of allylic oxidation sites excluding steroid dienone is 2. The van der Waals surface area contributed by atoms with Crippen molar-refractivity contribution >= 4 is 75.3 Å². The Balaban J connectivity index is 1.45. The van der Waals surface area contributed by atoms with Crippen LogP contribution in [0.3, 0.4) is 0 Å². The fraction of sp³-hybridized carbons (Fsp3) is 0.333. The first kappa shape index (κ1) is 41.1. The molecule has 3 fully saturated rings. The predicted octanol–water partition coefficient (Wildman–Crippen LogP) is 5.76. The van der Waals surface area contributed by atoms with Crippen LogP contribution in [0, 0.1) is 67.1 Å². The highest BCUT2D eigenvalue weighted by molar-refractivity contribution is 6.58. The van der Waals surface area contributed by atoms with Gasteiger partial charge in [-0.2, -0.15) is 0 Å². The predicted molar refractivity (Wildman–Crippen MR) is 194 cm³/mol. The Kier molecular flexibility index (Phi) is 9.58. The summed E-state index contributed by atoms with van der Waals surface area (Å²) in [5.74, 6) is -25.7. The number of ether oxygens (including phenoxy) is 2. The van der Waals surface area contributed by atoms with E-state index in [4.69, 9.17) is 32.7 Å². The van der Waals surface area contributed by atoms with Crippen molar-refractivity contribution in [2.75, 3.05) is 43.0 Å². The van der Waals surface area contributed by atoms with Gasteiger partial charge >= 0.3 is 11.4 Å². The molecular weight excluding hydrogens is 844 g/mol. The quantitative estimate of drug-likeness (QED) is 0.0420. The molecule has 2 aliphatic carbocycles. The van der Waals surface area contributed by atoms with E-state index in [2.05, 4.69) is 0 Å². The number of aromatic hydroxyl groups is 1. The van der Waals surface area contributed by atoms with Crippen molar-refractivity contribution in [3.05, 3.63) is 90.8 Å². The number of phenolic OH excluding ortho intramolecular Hbond substituents is 1. The van der Waals surface area contributed by atoms with Gasteiger partial charge in [0.15, 0.2) is 50.2 Å². The van der Waals surface area contributed by atoms with Crippen molar-refractivity contribution in [1.29, 1.82) is 0 Å². The summed E-state index contributed by atoms with van der Waals surface area (Å²) in [6.45, 7) is 0. The first-order valence-corrected chi connectivity index (χ1v) is 17.8. The summed E-state index contributed by atoms with van der Waals surface area (Å²) >= 11 is 14.3. The number of halogens is 7. The highest BCUT2D eigenvalue weighted by Gasteiger charge is 2.77. The number of fused-ring (bicyclic) bond motifs is 4. The number of nitro benzene ring substituents is 2. The zero-order chi connectivity index (χ0) is 43.5. The van der Waals surface area contributed by atoms with E-state index in [0.717, 1.165) is 43.4 Å². The largest absolute Gasteiger partial charge is 0.502 e. The number of benzene rings is 3. The van der Waals surface area contributed by atoms with Gasteiger partial charge in [-0.3, -0.25) is 39.4 Å². The number of alkyl halides is 2. The van der Waals surface area contributed by atoms with E-state index in [9.17, 15) is 57.7 Å². The van der Waals surface area contributed by atoms with Crippen LogP contribution in [0.4, 0.5) is 50.4 Å². The Morgan fingerprint density at radius 3 is 1.78 bits per heavy atom. The molecule has 1 saturated carbocycles. The van der Waals surface area contributed by atoms with E-state index >= 15 is 8.78 Å². The van der Waals surface area contributed by atoms with Gasteiger partial charge in [0, 0.05) is 32.1 Å². The van der Waals surface area contributed by atoms with Gasteiger partial charge in [0.05, 0.1) is 41.6 Å². The van der Waals surface area contributed by atoms with Crippen LogP contribution >= 0.6 is 23.2 Å². The normalized spacial score (nSPS) is 26.1. The fourth-order valence-corrected chi connectivity index (χ4v) is 9.67. The number of nitrogens with zero attached hydrogens (tertiary/aromatic N) is 5. The van der Waals surface area contributed by atoms with Crippen molar-refractivity contribution in [1.82, 2.24) is 0 Å². The number of rotatable bonds is 8. The third-order valence-corrected chi connectivity index (χ3v) is 12.6. The molecule has 1 N–H and O–H groups in total. The molecular formula is C36H26Cl2F5N5O11. The zero-order valence-corrected chi connectivity index (χ0v) is 32.0. The smallest absolute Gasteiger partial charge is 0.301 e. The SMILES string of the molecule is COc1cc([C@H]2C3=CC[C@@H]4C(=O)N(c5cc([N+](=O)[O-])c(N(C)C)c([N+](=O)[O-])c5)C(=O)[C@@H]4[C@@H]3C[C@@]3(Cl)C(=O)N(c4c(F)c(F)c(F)c(F)c4F)C(=O)[C@@]23Cl)cc(OC)c1O. The number of carbonyl (C=O) groups is 4. The Morgan fingerprint density at radius 1 is 0.797 bits per heavy atom. The number of methoxy groups -OCH3 is 2. The maximum Gasteiger partial charge on any atom is 0.301 e. The Labute approximate surface area is 337 Å². The lowest BCUT2D eigenvalue weighted by molar-refractivity contribution is -0.392. The van der Waals surface area contributed by atoms with Crippen LogP contribution in [0.15, 0.2) is 35.9 Å². The minimum Gasteiger partial charge on any atom is -0.502 e. The molecule has 0 aromatic heterocycles. The first-order valence-electron chi connectivity index (χ1n) is 17.1. The first-order chi connectivity index (χ1) is 27.6. The van der Waals surface area contributed by atoms with Gasteiger partial charge in [-0.25, -0.2) is 31.8 Å². The monoisotopic (exact) mass is 869 g/mol. The number of phenols is 1. The lowest BCUT2D eigenvalue weighted by atomic mass is 9.56. The number of nitro groups is 2. The number of amides is 4. The molecule has 0 bridgehead atoms. The van der Waals surface area contributed by atoms with Crippen LogP contribution < -0.4 is 24.2 Å². The van der Waals surface area contributed by atoms with Crippen LogP contribution in [-0.4, -0.2) is 76.6 Å². The van der Waals surface area contributed by atoms with Crippen LogP contribution in [-0.2, 0) is 19.2 Å². The van der Waals surface area contributed by atoms with Gasteiger partial charge in [-0.1, -0.05) is 11.6 Å². The molecule has 59 heavy (non-hydrogen) atoms. The Hall–Kier alpha value is -6.09. The molecule has 4 amide bonds. The second-order valence-electron chi connectivity index (χ2n) is 14.2. The highest BCUT2D eigenvalue weighted by atomic mass is 35.5. The van der Waals surface area contributed by atoms with Gasteiger partial charge in [-0.15, -0.1) is 23.2 Å². The standard InChI is InChI=1S/C36H26Cl2F5N5O11/c1-44(2)28-17(47(54)55)9-13(10-18(28)48(56)57)45-31(50)15-6-5-14-16(21(15)32(45)51)11-35(37)33(52)46(29-26(42)24(40)23(39)25(41)27(29)43)34(53)36(35,38)22(14)12-7-19(58-3)30(49)20(8-12)59-4/h5,7-10,15-16,21-22,49H,6,11H2,1-4H3/t15-,16+,21-,22-,35+,36-/m0/s1. The van der Waals surface area contributed by atoms with Crippen molar-refractivity contribution in [2.24, 2.45) is 17.8 Å². The molecule has 6 atom stereocenters. The molecule has 2 aliphatic heterocycles. The number of hydrogen-bond acceptors (Lipinski definition) is 12. The summed E-state index contributed by atoms with van der Waals surface area (Å²) in [5.41, 5.74) is -4.82. The highest BCUT2D eigenvalue weighted by Crippen LogP contribution is 2.67. The fourth-order valence-electron chi connectivity index (χ4n) is 8.73. The van der Waals surface area contributed by atoms with Crippen molar-refractivity contribution in [3.63, 3.8) is 0 Å². The molecule has 3 aromatic rings. The van der Waals surface area contributed by atoms with E-state index in [0.29, 0.717) is 4.90 Å². The molecule has 2 saturated heterocycles. The molecule has 0 radical (unpaired) electrons. The number of anilines is 3. The van der Waals surface area contributed by atoms with E-state index < -0.39 is 137 Å². The summed E-state index contributed by atoms with van der Waals surface area (Å²) < 4.78 is 84.6. The van der Waals surface area contributed by atoms with E-state index in [-0.39, 0.29) is 34.0 Å². The topological polar surface area (TPSA) is 203 Å². The number of carbonyl (C=O) groups excluding carboxylic acids is 4. The van der Waals surface area contributed by atoms with Gasteiger partial charge in [-0.05, 0) is 36.5 Å². The molecule has 0 unspecified atom stereocenters. The van der Waals surface area contributed by atoms with Gasteiger partial charge < -0.3 is 19.5 Å². The third-order valence-electron chi connectivity index (χ3n) is 11.2. The van der Waals surface area contributed by atoms with Crippen molar-refractivity contribution in [2.45, 2.75) is 28.5 Å². The zero-order valence-electron chi connectivity index (χ0n) is 30.5. The van der Waals surface area contributed by atoms with Crippen LogP contribution in [0.1, 0.15) is 24.3 Å². The lowest BCUT2D eigenvalue weighted by Crippen LogP contribution is -2.60. The molecule has 3 aromatic carbocycles. The maximum absolute atomic E-state index is 15.4. The second-order valence-corrected chi connectivity index (χ2v) is 15.5. The van der Waals surface area contributed by atoms with E-state index in [1.165, 1.54) is 20.2 Å².